The molecule has 0 N–H and O–H groups in total. The van der Waals surface area contributed by atoms with E-state index in [9.17, 15) is 18.4 Å². The van der Waals surface area contributed by atoms with E-state index in [0.29, 0.717) is 41.7 Å². The van der Waals surface area contributed by atoms with Gasteiger partial charge in [0.05, 0.1) is 23.8 Å². The van der Waals surface area contributed by atoms with Gasteiger partial charge in [-0.25, -0.2) is 13.8 Å². The predicted molar refractivity (Wildman–Crippen MR) is 131 cm³/mol. The van der Waals surface area contributed by atoms with Crippen molar-refractivity contribution >= 4 is 44.2 Å². The standard InChI is InChI=1S/C25H26F2N4O3S/c26-18-5-7-19(8-6-18)31-16-17(15-22(31)32)24(33)30(10-2-9-29-11-13-34-14-12-29)25-28-23-20(27)3-1-4-21(23)35-25/h1,3-8,17H,2,9-16H2. The highest BCUT2D eigenvalue weighted by Crippen LogP contribution is 2.33. The average Bonchev–Trinajstić information content (AvgIpc) is 3.47. The highest BCUT2D eigenvalue weighted by atomic mass is 32.1. The van der Waals surface area contributed by atoms with E-state index in [1.54, 1.807) is 17.0 Å². The number of hydrogen-bond donors (Lipinski definition) is 0. The van der Waals surface area contributed by atoms with Gasteiger partial charge in [-0.15, -0.1) is 0 Å². The van der Waals surface area contributed by atoms with Crippen LogP contribution in [0.3, 0.4) is 0 Å². The Balaban J connectivity index is 1.35. The zero-order valence-electron chi connectivity index (χ0n) is 19.2. The minimum absolute atomic E-state index is 0.0649. The number of carbonyl (C=O) groups excluding carboxylic acids is 2. The molecule has 2 aliphatic heterocycles. The van der Waals surface area contributed by atoms with E-state index in [-0.39, 0.29) is 36.1 Å². The Morgan fingerprint density at radius 1 is 1.14 bits per heavy atom. The zero-order valence-corrected chi connectivity index (χ0v) is 20.0. The summed E-state index contributed by atoms with van der Waals surface area (Å²) in [5.41, 5.74) is 0.807. The molecule has 35 heavy (non-hydrogen) atoms. The summed E-state index contributed by atoms with van der Waals surface area (Å²) in [6.07, 6.45) is 0.780. The molecule has 0 radical (unpaired) electrons. The van der Waals surface area contributed by atoms with Crippen LogP contribution in [0.5, 0.6) is 0 Å². The van der Waals surface area contributed by atoms with Gasteiger partial charge in [-0.3, -0.25) is 19.4 Å². The van der Waals surface area contributed by atoms with Crippen molar-refractivity contribution < 1.29 is 23.1 Å². The lowest BCUT2D eigenvalue weighted by Crippen LogP contribution is -2.41. The number of anilines is 2. The quantitative estimate of drug-likeness (QED) is 0.495. The van der Waals surface area contributed by atoms with E-state index < -0.39 is 11.7 Å². The lowest BCUT2D eigenvalue weighted by Gasteiger charge is -2.28. The molecule has 0 saturated carbocycles. The number of fused-ring (bicyclic) bond motifs is 1. The molecule has 1 unspecified atom stereocenters. The number of rotatable bonds is 7. The van der Waals surface area contributed by atoms with E-state index in [1.165, 1.54) is 46.6 Å². The minimum Gasteiger partial charge on any atom is -0.379 e. The van der Waals surface area contributed by atoms with Crippen LogP contribution in [-0.4, -0.2) is 67.6 Å². The highest BCUT2D eigenvalue weighted by molar-refractivity contribution is 7.22. The number of thiazole rings is 1. The molecule has 5 rings (SSSR count). The molecule has 2 amide bonds. The number of carbonyl (C=O) groups is 2. The van der Waals surface area contributed by atoms with Crippen molar-refractivity contribution in [1.82, 2.24) is 9.88 Å². The van der Waals surface area contributed by atoms with Gasteiger partial charge >= 0.3 is 0 Å². The Morgan fingerprint density at radius 3 is 2.66 bits per heavy atom. The summed E-state index contributed by atoms with van der Waals surface area (Å²) < 4.78 is 33.7. The molecular formula is C25H26F2N4O3S. The van der Waals surface area contributed by atoms with Crippen LogP contribution in [0.2, 0.25) is 0 Å². The van der Waals surface area contributed by atoms with E-state index >= 15 is 0 Å². The smallest absolute Gasteiger partial charge is 0.234 e. The van der Waals surface area contributed by atoms with Gasteiger partial charge in [-0.1, -0.05) is 17.4 Å². The molecule has 0 spiro atoms. The van der Waals surface area contributed by atoms with Gasteiger partial charge < -0.3 is 9.64 Å². The van der Waals surface area contributed by atoms with Crippen molar-refractivity contribution in [1.29, 1.82) is 0 Å². The Hall–Kier alpha value is -2.95. The maximum atomic E-state index is 14.3. The summed E-state index contributed by atoms with van der Waals surface area (Å²) in [7, 11) is 0. The van der Waals surface area contributed by atoms with Crippen molar-refractivity contribution in [3.05, 3.63) is 54.1 Å². The lowest BCUT2D eigenvalue weighted by atomic mass is 10.1. The third kappa shape index (κ3) is 5.19. The summed E-state index contributed by atoms with van der Waals surface area (Å²) in [5.74, 6) is -1.76. The third-order valence-electron chi connectivity index (χ3n) is 6.43. The fourth-order valence-corrected chi connectivity index (χ4v) is 5.57. The first-order valence-corrected chi connectivity index (χ1v) is 12.5. The monoisotopic (exact) mass is 500 g/mol. The van der Waals surface area contributed by atoms with E-state index in [1.807, 2.05) is 0 Å². The van der Waals surface area contributed by atoms with Gasteiger partial charge in [0.1, 0.15) is 17.2 Å². The van der Waals surface area contributed by atoms with Crippen LogP contribution in [0.4, 0.5) is 19.6 Å². The maximum absolute atomic E-state index is 14.3. The van der Waals surface area contributed by atoms with Crippen LogP contribution in [0.1, 0.15) is 12.8 Å². The van der Waals surface area contributed by atoms with Crippen molar-refractivity contribution in [2.45, 2.75) is 12.8 Å². The summed E-state index contributed by atoms with van der Waals surface area (Å²) >= 11 is 1.27. The fraction of sp³-hybridized carbons (Fsp3) is 0.400. The Bertz CT molecular complexity index is 1210. The molecule has 184 valence electrons. The largest absolute Gasteiger partial charge is 0.379 e. The van der Waals surface area contributed by atoms with E-state index in [0.717, 1.165) is 19.6 Å². The second-order valence-electron chi connectivity index (χ2n) is 8.76. The third-order valence-corrected chi connectivity index (χ3v) is 7.47. The molecule has 3 heterocycles. The molecule has 2 fully saturated rings. The van der Waals surface area contributed by atoms with E-state index in [4.69, 9.17) is 4.74 Å². The van der Waals surface area contributed by atoms with Crippen LogP contribution in [0.15, 0.2) is 42.5 Å². The number of nitrogens with zero attached hydrogens (tertiary/aromatic N) is 4. The molecular weight excluding hydrogens is 474 g/mol. The number of ether oxygens (including phenoxy) is 1. The normalized spacial score (nSPS) is 19.0. The Kier molecular flexibility index (Phi) is 7.03. The Morgan fingerprint density at radius 2 is 1.91 bits per heavy atom. The van der Waals surface area contributed by atoms with Gasteiger partial charge in [0, 0.05) is 44.8 Å². The average molecular weight is 501 g/mol. The summed E-state index contributed by atoms with van der Waals surface area (Å²) in [5, 5.41) is 0.435. The van der Waals surface area contributed by atoms with Crippen molar-refractivity contribution in [2.24, 2.45) is 5.92 Å². The molecule has 0 aliphatic carbocycles. The zero-order chi connectivity index (χ0) is 24.4. The fourth-order valence-electron chi connectivity index (χ4n) is 4.56. The molecule has 2 aromatic carbocycles. The first kappa shape index (κ1) is 23.8. The molecule has 2 saturated heterocycles. The maximum Gasteiger partial charge on any atom is 0.234 e. The van der Waals surface area contributed by atoms with Gasteiger partial charge in [-0.2, -0.15) is 0 Å². The number of aromatic nitrogens is 1. The number of amides is 2. The number of hydrogen-bond acceptors (Lipinski definition) is 6. The molecule has 0 bridgehead atoms. The van der Waals surface area contributed by atoms with Crippen LogP contribution in [-0.2, 0) is 14.3 Å². The number of para-hydroxylation sites is 1. The van der Waals surface area contributed by atoms with Crippen LogP contribution in [0.25, 0.3) is 10.2 Å². The van der Waals surface area contributed by atoms with Crippen molar-refractivity contribution in [3.63, 3.8) is 0 Å². The second-order valence-corrected chi connectivity index (χ2v) is 9.77. The van der Waals surface area contributed by atoms with Gasteiger partial charge in [0.2, 0.25) is 11.8 Å². The Labute approximate surface area is 205 Å². The molecule has 3 aromatic rings. The second kappa shape index (κ2) is 10.3. The van der Waals surface area contributed by atoms with Gasteiger partial charge in [0.15, 0.2) is 5.13 Å². The summed E-state index contributed by atoms with van der Waals surface area (Å²) in [4.78, 5) is 36.3. The van der Waals surface area contributed by atoms with E-state index in [2.05, 4.69) is 9.88 Å². The molecule has 10 heteroatoms. The first-order chi connectivity index (χ1) is 17.0. The van der Waals surface area contributed by atoms with Crippen molar-refractivity contribution in [2.75, 3.05) is 55.7 Å². The van der Waals surface area contributed by atoms with Crippen molar-refractivity contribution in [3.8, 4) is 0 Å². The topological polar surface area (TPSA) is 66.0 Å². The van der Waals surface area contributed by atoms with Gasteiger partial charge in [-0.05, 0) is 42.8 Å². The highest BCUT2D eigenvalue weighted by Gasteiger charge is 2.38. The number of benzene rings is 2. The number of morpholine rings is 1. The molecule has 7 nitrogen and oxygen atoms in total. The van der Waals surface area contributed by atoms with Crippen LogP contribution in [0, 0.1) is 17.6 Å². The first-order valence-electron chi connectivity index (χ1n) is 11.7. The molecule has 1 atom stereocenters. The molecule has 1 aromatic heterocycles. The summed E-state index contributed by atoms with van der Waals surface area (Å²) in [6, 6.07) is 10.4. The SMILES string of the molecule is O=C1CC(C(=O)N(CCCN2CCOCC2)c2nc3c(F)cccc3s2)CN1c1ccc(F)cc1. The number of halogens is 2. The predicted octanol–water partition coefficient (Wildman–Crippen LogP) is 3.68. The molecule has 2 aliphatic rings. The van der Waals surface area contributed by atoms with Crippen LogP contribution >= 0.6 is 11.3 Å². The van der Waals surface area contributed by atoms with Gasteiger partial charge in [0.25, 0.3) is 0 Å². The lowest BCUT2D eigenvalue weighted by molar-refractivity contribution is -0.124. The van der Waals surface area contributed by atoms with Crippen LogP contribution < -0.4 is 9.80 Å². The summed E-state index contributed by atoms with van der Waals surface area (Å²) in [6.45, 7) is 4.53. The minimum atomic E-state index is -0.562.